The van der Waals surface area contributed by atoms with Crippen LogP contribution in [0.2, 0.25) is 0 Å². The molecule has 0 saturated carbocycles. The molecule has 31 heavy (non-hydrogen) atoms. The summed E-state index contributed by atoms with van der Waals surface area (Å²) < 4.78 is 47.8. The number of halogens is 3. The number of hydrogen-bond acceptors (Lipinski definition) is 4. The molecule has 3 rings (SSSR count). The average Bonchev–Trinajstić information content (AvgIpc) is 2.66. The lowest BCUT2D eigenvalue weighted by Crippen LogP contribution is -2.44. The van der Waals surface area contributed by atoms with Gasteiger partial charge in [0.05, 0.1) is 13.2 Å². The molecule has 1 aliphatic rings. The Balaban J connectivity index is 1.93. The Morgan fingerprint density at radius 2 is 1.84 bits per heavy atom. The van der Waals surface area contributed by atoms with E-state index in [0.717, 1.165) is 36.1 Å². The zero-order valence-electron chi connectivity index (χ0n) is 18.5. The van der Waals surface area contributed by atoms with E-state index in [1.807, 2.05) is 12.1 Å². The Labute approximate surface area is 182 Å². The van der Waals surface area contributed by atoms with Crippen LogP contribution in [0.5, 0.6) is 11.5 Å². The third-order valence-electron chi connectivity index (χ3n) is 5.86. The molecule has 170 valence electrons. The van der Waals surface area contributed by atoms with E-state index in [0.29, 0.717) is 6.54 Å². The number of piperidine rings is 1. The van der Waals surface area contributed by atoms with Crippen molar-refractivity contribution in [3.8, 4) is 11.5 Å². The van der Waals surface area contributed by atoms with E-state index in [9.17, 15) is 13.2 Å². The van der Waals surface area contributed by atoms with Gasteiger partial charge >= 0.3 is 6.36 Å². The van der Waals surface area contributed by atoms with Crippen LogP contribution in [0.4, 0.5) is 13.2 Å². The number of rotatable bonds is 5. The van der Waals surface area contributed by atoms with Crippen LogP contribution in [0.3, 0.4) is 0 Å². The Hall–Kier alpha value is -2.25. The first-order valence-electron chi connectivity index (χ1n) is 10.5. The molecule has 0 radical (unpaired) electrons. The van der Waals surface area contributed by atoms with Crippen molar-refractivity contribution in [2.75, 3.05) is 13.7 Å². The molecule has 2 unspecified atom stereocenters. The normalized spacial score (nSPS) is 20.5. The lowest BCUT2D eigenvalue weighted by Gasteiger charge is -2.39. The predicted molar refractivity (Wildman–Crippen MR) is 115 cm³/mol. The summed E-state index contributed by atoms with van der Waals surface area (Å²) in [7, 11) is 1.65. The summed E-state index contributed by atoms with van der Waals surface area (Å²) >= 11 is 0. The highest BCUT2D eigenvalue weighted by molar-refractivity contribution is 5.40. The van der Waals surface area contributed by atoms with Gasteiger partial charge in [-0.2, -0.15) is 0 Å². The predicted octanol–water partition coefficient (Wildman–Crippen LogP) is 5.76. The molecule has 0 bridgehead atoms. The Morgan fingerprint density at radius 1 is 1.10 bits per heavy atom. The molecular weight excluding hydrogens is 405 g/mol. The van der Waals surface area contributed by atoms with Crippen LogP contribution in [-0.4, -0.2) is 25.0 Å². The quantitative estimate of drug-likeness (QED) is 0.606. The van der Waals surface area contributed by atoms with Gasteiger partial charge in [-0.1, -0.05) is 45.0 Å². The van der Waals surface area contributed by atoms with Gasteiger partial charge in [-0.15, -0.1) is 13.2 Å². The lowest BCUT2D eigenvalue weighted by molar-refractivity contribution is -0.274. The fourth-order valence-electron chi connectivity index (χ4n) is 4.36. The van der Waals surface area contributed by atoms with Crippen molar-refractivity contribution in [1.29, 1.82) is 0 Å². The van der Waals surface area contributed by atoms with Gasteiger partial charge in [0.15, 0.2) is 0 Å². The molecular formula is C24H31F3N2O2. The van der Waals surface area contributed by atoms with Gasteiger partial charge in [0.25, 0.3) is 0 Å². The molecule has 1 heterocycles. The lowest BCUT2D eigenvalue weighted by atomic mass is 9.79. The second-order valence-electron chi connectivity index (χ2n) is 9.19. The molecule has 4 nitrogen and oxygen atoms in total. The summed E-state index contributed by atoms with van der Waals surface area (Å²) in [5, 5.41) is 1.74. The number of nitrogens with zero attached hydrogens (tertiary/aromatic N) is 1. The van der Waals surface area contributed by atoms with E-state index in [-0.39, 0.29) is 23.1 Å². The van der Waals surface area contributed by atoms with Gasteiger partial charge in [-0.3, -0.25) is 5.84 Å². The molecule has 2 N–H and O–H groups in total. The highest BCUT2D eigenvalue weighted by Gasteiger charge is 2.34. The van der Waals surface area contributed by atoms with Gasteiger partial charge in [0.2, 0.25) is 0 Å². The number of hydrazine groups is 1. The summed E-state index contributed by atoms with van der Waals surface area (Å²) in [6.07, 6.45) is -2.16. The van der Waals surface area contributed by atoms with E-state index >= 15 is 0 Å². The third-order valence-corrected chi connectivity index (χ3v) is 5.86. The van der Waals surface area contributed by atoms with Crippen LogP contribution in [0, 0.1) is 5.92 Å². The molecule has 1 saturated heterocycles. The Bertz CT molecular complexity index is 893. The molecule has 2 aromatic rings. The van der Waals surface area contributed by atoms with Gasteiger partial charge in [0, 0.05) is 6.54 Å². The van der Waals surface area contributed by atoms with E-state index < -0.39 is 6.36 Å². The largest absolute Gasteiger partial charge is 0.573 e. The number of ether oxygens (including phenoxy) is 2. The van der Waals surface area contributed by atoms with Crippen LogP contribution >= 0.6 is 0 Å². The van der Waals surface area contributed by atoms with Gasteiger partial charge in [0.1, 0.15) is 11.5 Å². The molecule has 7 heteroatoms. The van der Waals surface area contributed by atoms with Crippen molar-refractivity contribution in [3.05, 3.63) is 59.2 Å². The maximum absolute atomic E-state index is 12.7. The van der Waals surface area contributed by atoms with Crippen LogP contribution in [0.15, 0.2) is 42.5 Å². The van der Waals surface area contributed by atoms with Crippen molar-refractivity contribution < 1.29 is 22.6 Å². The number of hydrogen-bond donors (Lipinski definition) is 1. The van der Waals surface area contributed by atoms with Gasteiger partial charge in [-0.25, -0.2) is 5.01 Å². The molecule has 1 fully saturated rings. The number of nitrogens with two attached hydrogens (primary N) is 1. The van der Waals surface area contributed by atoms with E-state index in [1.54, 1.807) is 18.2 Å². The SMILES string of the molecule is COc1ccc(C(C)(C)C)cc1CC1CCCN(N)C1c1cccc(OC(F)(F)F)c1. The maximum Gasteiger partial charge on any atom is 0.573 e. The molecule has 2 aromatic carbocycles. The summed E-state index contributed by atoms with van der Waals surface area (Å²) in [6, 6.07) is 12.2. The smallest absolute Gasteiger partial charge is 0.496 e. The minimum absolute atomic E-state index is 0.00381. The number of alkyl halides is 3. The zero-order chi connectivity index (χ0) is 22.8. The highest BCUT2D eigenvalue weighted by Crippen LogP contribution is 2.40. The van der Waals surface area contributed by atoms with Crippen molar-refractivity contribution >= 4 is 0 Å². The first-order chi connectivity index (χ1) is 14.5. The second kappa shape index (κ2) is 9.09. The second-order valence-corrected chi connectivity index (χ2v) is 9.19. The van der Waals surface area contributed by atoms with E-state index in [4.69, 9.17) is 10.6 Å². The van der Waals surface area contributed by atoms with Crippen molar-refractivity contribution in [3.63, 3.8) is 0 Å². The molecule has 0 spiro atoms. The van der Waals surface area contributed by atoms with Gasteiger partial charge in [-0.05, 0) is 65.5 Å². The molecule has 2 atom stereocenters. The van der Waals surface area contributed by atoms with Crippen LogP contribution in [0.25, 0.3) is 0 Å². The van der Waals surface area contributed by atoms with Gasteiger partial charge < -0.3 is 9.47 Å². The fourth-order valence-corrected chi connectivity index (χ4v) is 4.36. The van der Waals surface area contributed by atoms with Crippen LogP contribution in [-0.2, 0) is 11.8 Å². The topological polar surface area (TPSA) is 47.7 Å². The summed E-state index contributed by atoms with van der Waals surface area (Å²) in [5.74, 6) is 7.06. The van der Waals surface area contributed by atoms with Crippen molar-refractivity contribution in [2.45, 2.75) is 57.9 Å². The van der Waals surface area contributed by atoms with E-state index in [1.165, 1.54) is 17.7 Å². The fraction of sp³-hybridized carbons (Fsp3) is 0.500. The summed E-state index contributed by atoms with van der Waals surface area (Å²) in [4.78, 5) is 0. The van der Waals surface area contributed by atoms with Crippen LogP contribution < -0.4 is 15.3 Å². The maximum atomic E-state index is 12.7. The van der Waals surface area contributed by atoms with E-state index in [2.05, 4.69) is 37.6 Å². The summed E-state index contributed by atoms with van der Waals surface area (Å²) in [5.41, 5.74) is 3.01. The number of methoxy groups -OCH3 is 1. The minimum atomic E-state index is -4.73. The standard InChI is InChI=1S/C24H31F3N2O2/c1-23(2,3)19-10-11-21(30-4)18(14-19)13-16-8-6-12-29(28)22(16)17-7-5-9-20(15-17)31-24(25,26)27/h5,7,9-11,14-16,22H,6,8,12-13,28H2,1-4H3. The molecule has 0 aromatic heterocycles. The van der Waals surface area contributed by atoms with Crippen molar-refractivity contribution in [1.82, 2.24) is 5.01 Å². The van der Waals surface area contributed by atoms with Crippen molar-refractivity contribution in [2.24, 2.45) is 11.8 Å². The molecule has 1 aliphatic heterocycles. The molecule has 0 aliphatic carbocycles. The number of benzene rings is 2. The highest BCUT2D eigenvalue weighted by atomic mass is 19.4. The average molecular weight is 437 g/mol. The first kappa shape index (κ1) is 23.4. The molecule has 0 amide bonds. The monoisotopic (exact) mass is 436 g/mol. The Morgan fingerprint density at radius 3 is 2.48 bits per heavy atom. The first-order valence-corrected chi connectivity index (χ1v) is 10.5. The zero-order valence-corrected chi connectivity index (χ0v) is 18.5. The van der Waals surface area contributed by atoms with Crippen LogP contribution in [0.1, 0.15) is 56.3 Å². The Kier molecular flexibility index (Phi) is 6.86. The minimum Gasteiger partial charge on any atom is -0.496 e. The third kappa shape index (κ3) is 5.92. The summed E-state index contributed by atoms with van der Waals surface area (Å²) in [6.45, 7) is 7.17.